The molecule has 1 aromatic heterocycles. The molecule has 0 atom stereocenters. The second kappa shape index (κ2) is 4.46. The molecule has 0 radical (unpaired) electrons. The minimum absolute atomic E-state index is 0.182. The van der Waals surface area contributed by atoms with Crippen LogP contribution in [-0.4, -0.2) is 43.7 Å². The van der Waals surface area contributed by atoms with E-state index in [1.165, 1.54) is 25.7 Å². The molecule has 1 saturated heterocycles. The minimum Gasteiger partial charge on any atom is -0.481 e. The van der Waals surface area contributed by atoms with Crippen LogP contribution in [0.2, 0.25) is 0 Å². The third-order valence-electron chi connectivity index (χ3n) is 4.22. The van der Waals surface area contributed by atoms with E-state index in [4.69, 9.17) is 5.11 Å². The maximum atomic E-state index is 11.1. The fourth-order valence-corrected chi connectivity index (χ4v) is 4.11. The zero-order valence-corrected chi connectivity index (χ0v) is 12.0. The molecule has 2 aliphatic carbocycles. The molecule has 0 aromatic carbocycles. The molecule has 0 unspecified atom stereocenters. The van der Waals surface area contributed by atoms with Gasteiger partial charge in [-0.1, -0.05) is 11.8 Å². The molecule has 1 aromatic rings. The van der Waals surface area contributed by atoms with Crippen molar-refractivity contribution in [2.24, 2.45) is 0 Å². The third kappa shape index (κ3) is 2.22. The Hall–Kier alpha value is -1.08. The van der Waals surface area contributed by atoms with Gasteiger partial charge in [0, 0.05) is 25.0 Å². The minimum atomic E-state index is -0.737. The topological polar surface area (TPSA) is 80.0 Å². The molecule has 0 spiro atoms. The van der Waals surface area contributed by atoms with Crippen LogP contribution < -0.4 is 5.32 Å². The highest BCUT2D eigenvalue weighted by Crippen LogP contribution is 2.48. The van der Waals surface area contributed by atoms with Gasteiger partial charge in [-0.05, 0) is 25.7 Å². The van der Waals surface area contributed by atoms with Crippen LogP contribution in [0.5, 0.6) is 0 Å². The first-order valence-electron chi connectivity index (χ1n) is 7.23. The molecule has 0 bridgehead atoms. The number of hydrogen-bond donors (Lipinski definition) is 2. The highest BCUT2D eigenvalue weighted by Gasteiger charge is 2.44. The molecule has 3 fully saturated rings. The maximum Gasteiger partial charge on any atom is 0.304 e. The molecular formula is C13H18N4O2S. The fraction of sp³-hybridized carbons (Fsp3) is 0.769. The molecule has 2 N–H and O–H groups in total. The lowest BCUT2D eigenvalue weighted by atomic mass is 9.98. The lowest BCUT2D eigenvalue weighted by molar-refractivity contribution is -0.138. The largest absolute Gasteiger partial charge is 0.481 e. The third-order valence-corrected chi connectivity index (χ3v) is 5.55. The lowest BCUT2D eigenvalue weighted by Crippen LogP contribution is -2.58. The van der Waals surface area contributed by atoms with E-state index in [9.17, 15) is 4.79 Å². The Morgan fingerprint density at radius 3 is 2.60 bits per heavy atom. The Bertz CT molecular complexity index is 547. The van der Waals surface area contributed by atoms with E-state index in [1.807, 2.05) is 0 Å². The van der Waals surface area contributed by atoms with E-state index in [0.717, 1.165) is 24.1 Å². The first kappa shape index (κ1) is 12.6. The van der Waals surface area contributed by atoms with Gasteiger partial charge >= 0.3 is 5.97 Å². The predicted octanol–water partition coefficient (Wildman–Crippen LogP) is 1.40. The summed E-state index contributed by atoms with van der Waals surface area (Å²) in [5.41, 5.74) is 0. The first-order valence-corrected chi connectivity index (χ1v) is 8.05. The number of aliphatic carboxylic acids is 1. The molecule has 1 aliphatic heterocycles. The van der Waals surface area contributed by atoms with Crippen LogP contribution in [-0.2, 0) is 4.79 Å². The van der Waals surface area contributed by atoms with Gasteiger partial charge in [0.2, 0.25) is 0 Å². The van der Waals surface area contributed by atoms with Crippen LogP contribution in [0.3, 0.4) is 0 Å². The monoisotopic (exact) mass is 294 g/mol. The number of thioether (sulfide) groups is 1. The SMILES string of the molecule is O=C(O)CC1(Sc2nnc(C3CC3)n2C2CC2)CNC1. The quantitative estimate of drug-likeness (QED) is 0.825. The summed E-state index contributed by atoms with van der Waals surface area (Å²) in [6.45, 7) is 1.47. The Morgan fingerprint density at radius 1 is 1.35 bits per heavy atom. The van der Waals surface area contributed by atoms with Crippen molar-refractivity contribution in [1.82, 2.24) is 20.1 Å². The maximum absolute atomic E-state index is 11.1. The standard InChI is InChI=1S/C13H18N4O2S/c18-10(19)5-13(6-14-7-13)20-12-16-15-11(8-1-2-8)17(12)9-3-4-9/h8-9,14H,1-7H2,(H,18,19). The van der Waals surface area contributed by atoms with E-state index in [1.54, 1.807) is 11.8 Å². The summed E-state index contributed by atoms with van der Waals surface area (Å²) >= 11 is 1.61. The smallest absolute Gasteiger partial charge is 0.304 e. The Kier molecular flexibility index (Phi) is 2.82. The first-order chi connectivity index (χ1) is 9.67. The summed E-state index contributed by atoms with van der Waals surface area (Å²) in [4.78, 5) is 11.1. The number of rotatable bonds is 6. The van der Waals surface area contributed by atoms with E-state index in [2.05, 4.69) is 20.1 Å². The van der Waals surface area contributed by atoms with Crippen molar-refractivity contribution in [2.75, 3.05) is 13.1 Å². The summed E-state index contributed by atoms with van der Waals surface area (Å²) in [5, 5.41) is 22.0. The number of hydrogen-bond acceptors (Lipinski definition) is 5. The van der Waals surface area contributed by atoms with Gasteiger partial charge in [-0.3, -0.25) is 4.79 Å². The zero-order chi connectivity index (χ0) is 13.7. The number of nitrogens with zero attached hydrogens (tertiary/aromatic N) is 3. The molecule has 7 heteroatoms. The average Bonchev–Trinajstić information content (AvgIpc) is 3.25. The molecule has 2 saturated carbocycles. The molecule has 4 rings (SSSR count). The number of carboxylic acids is 1. The number of nitrogens with one attached hydrogen (secondary N) is 1. The van der Waals surface area contributed by atoms with Crippen molar-refractivity contribution in [3.63, 3.8) is 0 Å². The molecule has 6 nitrogen and oxygen atoms in total. The fourth-order valence-electron chi connectivity index (χ4n) is 2.76. The van der Waals surface area contributed by atoms with Crippen molar-refractivity contribution in [1.29, 1.82) is 0 Å². The Morgan fingerprint density at radius 2 is 2.10 bits per heavy atom. The summed E-state index contributed by atoms with van der Waals surface area (Å²) in [6.07, 6.45) is 5.03. The summed E-state index contributed by atoms with van der Waals surface area (Å²) < 4.78 is 2.05. The average molecular weight is 294 g/mol. The van der Waals surface area contributed by atoms with Crippen LogP contribution in [0.25, 0.3) is 0 Å². The number of aromatic nitrogens is 3. The van der Waals surface area contributed by atoms with E-state index >= 15 is 0 Å². The highest BCUT2D eigenvalue weighted by atomic mass is 32.2. The van der Waals surface area contributed by atoms with Crippen LogP contribution >= 0.6 is 11.8 Å². The Labute approximate surface area is 121 Å². The second-order valence-electron chi connectivity index (χ2n) is 6.18. The van der Waals surface area contributed by atoms with Crippen molar-refractivity contribution in [3.8, 4) is 0 Å². The molecule has 20 heavy (non-hydrogen) atoms. The predicted molar refractivity (Wildman–Crippen MR) is 74.0 cm³/mol. The van der Waals surface area contributed by atoms with Crippen LogP contribution in [0, 0.1) is 0 Å². The normalized spacial score (nSPS) is 24.4. The van der Waals surface area contributed by atoms with Crippen LogP contribution in [0.4, 0.5) is 0 Å². The van der Waals surface area contributed by atoms with Gasteiger partial charge in [-0.15, -0.1) is 10.2 Å². The number of carbonyl (C=O) groups is 1. The van der Waals surface area contributed by atoms with Gasteiger partial charge in [0.1, 0.15) is 5.82 Å². The summed E-state index contributed by atoms with van der Waals surface area (Å²) in [5.74, 6) is 0.985. The van der Waals surface area contributed by atoms with Gasteiger partial charge in [0.15, 0.2) is 5.16 Å². The van der Waals surface area contributed by atoms with Gasteiger partial charge in [-0.25, -0.2) is 0 Å². The molecule has 2 heterocycles. The second-order valence-corrected chi connectivity index (χ2v) is 7.61. The molecule has 0 amide bonds. The van der Waals surface area contributed by atoms with Gasteiger partial charge in [0.25, 0.3) is 0 Å². The van der Waals surface area contributed by atoms with E-state index in [0.29, 0.717) is 12.0 Å². The van der Waals surface area contributed by atoms with Crippen molar-refractivity contribution >= 4 is 17.7 Å². The lowest BCUT2D eigenvalue weighted by Gasteiger charge is -2.40. The van der Waals surface area contributed by atoms with Gasteiger partial charge in [-0.2, -0.15) is 0 Å². The van der Waals surface area contributed by atoms with E-state index < -0.39 is 5.97 Å². The Balaban J connectivity index is 1.60. The summed E-state index contributed by atoms with van der Waals surface area (Å²) in [6, 6.07) is 0.554. The molecule has 3 aliphatic rings. The molecular weight excluding hydrogens is 276 g/mol. The van der Waals surface area contributed by atoms with Crippen molar-refractivity contribution in [3.05, 3.63) is 5.82 Å². The van der Waals surface area contributed by atoms with Crippen molar-refractivity contribution in [2.45, 2.75) is 54.0 Å². The highest BCUT2D eigenvalue weighted by molar-refractivity contribution is 8.00. The van der Waals surface area contributed by atoms with Crippen LogP contribution in [0.1, 0.15) is 49.9 Å². The van der Waals surface area contributed by atoms with Gasteiger partial charge in [0.05, 0.1) is 11.2 Å². The summed E-state index contributed by atoms with van der Waals surface area (Å²) in [7, 11) is 0. The van der Waals surface area contributed by atoms with Crippen LogP contribution in [0.15, 0.2) is 5.16 Å². The number of carboxylic acid groups (broad SMARTS) is 1. The van der Waals surface area contributed by atoms with Gasteiger partial charge < -0.3 is 15.0 Å². The zero-order valence-electron chi connectivity index (χ0n) is 11.2. The van der Waals surface area contributed by atoms with E-state index in [-0.39, 0.29) is 11.2 Å². The molecule has 108 valence electrons. The van der Waals surface area contributed by atoms with Crippen molar-refractivity contribution < 1.29 is 9.90 Å².